The van der Waals surface area contributed by atoms with Crippen LogP contribution in [0.15, 0.2) is 56.1 Å². The van der Waals surface area contributed by atoms with Crippen LogP contribution in [0.5, 0.6) is 0 Å². The topological polar surface area (TPSA) is 17.1 Å². The number of Topliss-reactive ketones (excluding diaryl/α,β-unsaturated/α-hetero) is 1. The molecule has 0 aliphatic rings. The molecule has 1 aromatic carbocycles. The van der Waals surface area contributed by atoms with Gasteiger partial charge >= 0.3 is 0 Å². The van der Waals surface area contributed by atoms with E-state index in [0.717, 1.165) is 0 Å². The number of rotatable bonds is 0. The molecule has 1 aromatic rings. The van der Waals surface area contributed by atoms with Crippen LogP contribution >= 0.6 is 0 Å². The lowest BCUT2D eigenvalue weighted by Crippen LogP contribution is -1.69. The van der Waals surface area contributed by atoms with Crippen LogP contribution in [-0.2, 0) is 4.79 Å². The third kappa shape index (κ3) is 1120. The van der Waals surface area contributed by atoms with E-state index in [2.05, 4.69) is 38.8 Å². The summed E-state index contributed by atoms with van der Waals surface area (Å²) in [6, 6.07) is 10.3. The van der Waals surface area contributed by atoms with Gasteiger partial charge in [-0.05, 0) is 27.7 Å². The number of carbonyl (C=O) groups is 1. The van der Waals surface area contributed by atoms with Crippen LogP contribution in [-0.4, -0.2) is 5.78 Å². The van der Waals surface area contributed by atoms with Crippen LogP contribution in [0.2, 0.25) is 0 Å². The highest BCUT2D eigenvalue weighted by Gasteiger charge is 1.72. The molecule has 0 bridgehead atoms. The zero-order valence-corrected chi connectivity index (χ0v) is 25.0. The van der Waals surface area contributed by atoms with Crippen molar-refractivity contribution in [3.8, 4) is 0 Å². The highest BCUT2D eigenvalue weighted by atomic mass is 16.1. The largest absolute Gasteiger partial charge is 0.300 e. The van der Waals surface area contributed by atoms with Gasteiger partial charge < -0.3 is 4.79 Å². The van der Waals surface area contributed by atoms with E-state index in [1.54, 1.807) is 6.08 Å². The minimum absolute atomic E-state index is 0. The van der Waals surface area contributed by atoms with E-state index in [0.29, 0.717) is 0 Å². The van der Waals surface area contributed by atoms with Crippen LogP contribution in [0.3, 0.4) is 0 Å². The van der Waals surface area contributed by atoms with E-state index in [-0.39, 0.29) is 80.0 Å². The second-order valence-electron chi connectivity index (χ2n) is 2.97. The summed E-state index contributed by atoms with van der Waals surface area (Å²) >= 11 is 0. The zero-order chi connectivity index (χ0) is 27.4. The summed E-state index contributed by atoms with van der Waals surface area (Å²) in [6.07, 6.45) is 1.75. The van der Waals surface area contributed by atoms with Gasteiger partial charge in [-0.1, -0.05) is 213 Å². The molecule has 0 radical (unpaired) electrons. The highest BCUT2D eigenvalue weighted by molar-refractivity contribution is 5.72. The van der Waals surface area contributed by atoms with Crippen LogP contribution < -0.4 is 0 Å². The highest BCUT2D eigenvalue weighted by Crippen LogP contribution is 1.92. The van der Waals surface area contributed by atoms with Gasteiger partial charge in [0.15, 0.2) is 0 Å². The maximum absolute atomic E-state index is 9.44. The third-order valence-electron chi connectivity index (χ3n) is 0.940. The van der Waals surface area contributed by atoms with Crippen molar-refractivity contribution in [3.05, 3.63) is 61.7 Å². The fourth-order valence-corrected chi connectivity index (χ4v) is 0.534. The molecule has 0 saturated heterocycles. The normalized spacial score (nSPS) is 3.65. The Balaban J connectivity index is -0.00000000622. The first kappa shape index (κ1) is 159. The van der Waals surface area contributed by atoms with Crippen molar-refractivity contribution in [2.24, 2.45) is 0 Å². The molecular weight excluding hydrogens is 484 g/mol. The molecule has 1 rings (SSSR count). The van der Waals surface area contributed by atoms with E-state index < -0.39 is 0 Å². The lowest BCUT2D eigenvalue weighted by atomic mass is 10.2. The number of carbonyl (C=O) groups excluding carboxylic acids is 1. The van der Waals surface area contributed by atoms with Gasteiger partial charge in [-0.25, -0.2) is 0 Å². The lowest BCUT2D eigenvalue weighted by molar-refractivity contribution is -0.115. The van der Waals surface area contributed by atoms with Gasteiger partial charge in [-0.3, -0.25) is 0 Å². The number of aryl methyl sites for hydroxylation is 1. The minimum Gasteiger partial charge on any atom is -0.300 e. The summed E-state index contributed by atoms with van der Waals surface area (Å²) in [6.45, 7) is 44.4. The van der Waals surface area contributed by atoms with E-state index in [1.807, 2.05) is 122 Å². The number of hydrogen-bond donors (Lipinski definition) is 0. The van der Waals surface area contributed by atoms with Gasteiger partial charge in [-0.2, -0.15) is 0 Å². The van der Waals surface area contributed by atoms with Gasteiger partial charge in [0.25, 0.3) is 0 Å². The van der Waals surface area contributed by atoms with Crippen LogP contribution in [0, 0.1) is 6.92 Å². The van der Waals surface area contributed by atoms with Crippen molar-refractivity contribution in [1.82, 2.24) is 0 Å². The number of allylic oxidation sites excluding steroid dienone is 1. The molecule has 0 spiro atoms. The third-order valence-corrected chi connectivity index (χ3v) is 0.940. The molecule has 0 unspecified atom stereocenters. The maximum atomic E-state index is 9.44. The van der Waals surface area contributed by atoms with Gasteiger partial charge in [0.2, 0.25) is 0 Å². The standard InChI is InChI=1S/C7H8.C3H6O.C3H6.7C2H6.C2H4.10CH4/c1-7-5-3-2-4-6-7;1-3(2)4;1-3-2;8*1-2;;;;;;;;;;/h2-6H,1H3;1-2H3;3H,1H2,2H3;7*1-2H3;1-2H2;10*1H4. The van der Waals surface area contributed by atoms with Gasteiger partial charge in [0.05, 0.1) is 0 Å². The van der Waals surface area contributed by atoms with E-state index >= 15 is 0 Å². The Labute approximate surface area is 270 Å². The molecule has 0 aliphatic heterocycles. The molecule has 0 atom stereocenters. The molecule has 1 heteroatoms. The number of benzene rings is 1. The van der Waals surface area contributed by atoms with Crippen molar-refractivity contribution in [3.63, 3.8) is 0 Å². The maximum Gasteiger partial charge on any atom is 0.126 e. The summed E-state index contributed by atoms with van der Waals surface area (Å²) in [5, 5.41) is 0. The Morgan fingerprint density at radius 2 is 0.600 bits per heavy atom. The summed E-state index contributed by atoms with van der Waals surface area (Å²) in [5.41, 5.74) is 1.32. The van der Waals surface area contributed by atoms with Gasteiger partial charge in [0.1, 0.15) is 5.78 Å². The van der Waals surface area contributed by atoms with Crippen LogP contribution in [0.1, 0.15) is 198 Å². The Morgan fingerprint density at radius 1 is 0.500 bits per heavy atom. The SMILES string of the molecule is C.C.C.C.C.C.C.C.C.C.C=C.C=CC.CC.CC.CC.CC.CC.CC.CC.CC(C)=O.Cc1ccccc1. The quantitative estimate of drug-likeness (QED) is 0.275. The fourth-order valence-electron chi connectivity index (χ4n) is 0.534. The van der Waals surface area contributed by atoms with E-state index in [1.165, 1.54) is 19.4 Å². The van der Waals surface area contributed by atoms with Crippen molar-refractivity contribution in [2.45, 2.75) is 199 Å². The average molecular weight is 591 g/mol. The molecule has 0 saturated carbocycles. The summed E-state index contributed by atoms with van der Waals surface area (Å²) in [5.74, 6) is 0.167. The Bertz CT molecular complexity index is 247. The first-order valence-corrected chi connectivity index (χ1v) is 12.1. The monoisotopic (exact) mass is 591 g/mol. The molecule has 0 aliphatic carbocycles. The van der Waals surface area contributed by atoms with Crippen molar-refractivity contribution >= 4 is 5.78 Å². The molecule has 1 nitrogen and oxygen atoms in total. The Kier molecular flexibility index (Phi) is 1820. The fraction of sp³-hybridized carbons (Fsp3) is 0.718. The van der Waals surface area contributed by atoms with Crippen molar-refractivity contribution in [1.29, 1.82) is 0 Å². The van der Waals surface area contributed by atoms with Crippen LogP contribution in [0.25, 0.3) is 0 Å². The molecule has 0 aromatic heterocycles. The van der Waals surface area contributed by atoms with Crippen molar-refractivity contribution in [2.75, 3.05) is 0 Å². The average Bonchev–Trinajstić information content (AvgIpc) is 2.85. The lowest BCUT2D eigenvalue weighted by Gasteiger charge is -1.82. The second kappa shape index (κ2) is 460. The summed E-state index contributed by atoms with van der Waals surface area (Å²) < 4.78 is 0. The zero-order valence-electron chi connectivity index (χ0n) is 25.0. The van der Waals surface area contributed by atoms with E-state index in [9.17, 15) is 4.79 Å². The Hall–Kier alpha value is -1.63. The molecule has 0 heterocycles. The second-order valence-corrected chi connectivity index (χ2v) is 2.97. The smallest absolute Gasteiger partial charge is 0.126 e. The first-order chi connectivity index (χ1) is 14.5. The molecule has 0 N–H and O–H groups in total. The summed E-state index contributed by atoms with van der Waals surface area (Å²) in [4.78, 5) is 9.44. The molecule has 40 heavy (non-hydrogen) atoms. The minimum atomic E-state index is 0. The van der Waals surface area contributed by atoms with E-state index in [4.69, 9.17) is 0 Å². The van der Waals surface area contributed by atoms with Crippen molar-refractivity contribution < 1.29 is 4.79 Å². The summed E-state index contributed by atoms with van der Waals surface area (Å²) in [7, 11) is 0. The van der Waals surface area contributed by atoms with Gasteiger partial charge in [-0.15, -0.1) is 19.7 Å². The molecule has 0 fully saturated rings. The predicted molar refractivity (Wildman–Crippen MR) is 221 cm³/mol. The number of hydrogen-bond acceptors (Lipinski definition) is 1. The number of ketones is 1. The molecular formula is C39H106O. The van der Waals surface area contributed by atoms with Crippen LogP contribution in [0.4, 0.5) is 0 Å². The predicted octanol–water partition coefficient (Wildman–Crippen LogP) is 18.1. The molecule has 0 amide bonds. The Morgan fingerprint density at radius 3 is 0.650 bits per heavy atom. The first-order valence-electron chi connectivity index (χ1n) is 12.1. The molecule has 268 valence electrons. The van der Waals surface area contributed by atoms with Gasteiger partial charge in [0, 0.05) is 0 Å².